The Balaban J connectivity index is 2.87. The van der Waals surface area contributed by atoms with Gasteiger partial charge in [0, 0.05) is 16.6 Å². The fourth-order valence-electron chi connectivity index (χ4n) is 1.72. The molecule has 0 radical (unpaired) electrons. The molecule has 2 aromatic heterocycles. The average Bonchev–Trinajstić information content (AvgIpc) is 2.62. The summed E-state index contributed by atoms with van der Waals surface area (Å²) < 4.78 is 3.87. The topological polar surface area (TPSA) is 83.3 Å². The number of rotatable bonds is 2. The van der Waals surface area contributed by atoms with E-state index < -0.39 is 5.97 Å². The van der Waals surface area contributed by atoms with Gasteiger partial charge in [-0.25, -0.2) is 9.78 Å². The predicted octanol–water partition coefficient (Wildman–Crippen LogP) is 1.50. The molecule has 2 aromatic rings. The van der Waals surface area contributed by atoms with Crippen molar-refractivity contribution >= 4 is 27.7 Å². The summed E-state index contributed by atoms with van der Waals surface area (Å²) in [6, 6.07) is 0. The zero-order chi connectivity index (χ0) is 11.9. The minimum absolute atomic E-state index is 0.0136. The molecule has 0 atom stereocenters. The van der Waals surface area contributed by atoms with E-state index >= 15 is 0 Å². The number of aliphatic hydroxyl groups is 1. The summed E-state index contributed by atoms with van der Waals surface area (Å²) in [4.78, 5) is 15.8. The molecule has 0 bridgehead atoms. The predicted molar refractivity (Wildman–Crippen MR) is 59.8 cm³/mol. The monoisotopic (exact) mass is 238 g/mol. The van der Waals surface area contributed by atoms with Gasteiger partial charge < -0.3 is 10.2 Å². The second kappa shape index (κ2) is 3.80. The van der Waals surface area contributed by atoms with Crippen LogP contribution in [0.25, 0.3) is 10.2 Å². The van der Waals surface area contributed by atoms with E-state index in [1.807, 2.05) is 0 Å². The number of hydrogen-bond donors (Lipinski definition) is 2. The van der Waals surface area contributed by atoms with Crippen molar-refractivity contribution < 1.29 is 15.0 Å². The molecule has 5 nitrogen and oxygen atoms in total. The number of pyridine rings is 1. The third kappa shape index (κ3) is 1.46. The number of nitrogens with zero attached hydrogens (tertiary/aromatic N) is 2. The van der Waals surface area contributed by atoms with Gasteiger partial charge in [0.2, 0.25) is 0 Å². The van der Waals surface area contributed by atoms with Gasteiger partial charge in [-0.3, -0.25) is 0 Å². The number of aromatic carboxylic acids is 1. The Morgan fingerprint density at radius 1 is 1.44 bits per heavy atom. The molecule has 6 heteroatoms. The number of fused-ring (bicyclic) bond motifs is 1. The lowest BCUT2D eigenvalue weighted by Gasteiger charge is -2.07. The fourth-order valence-corrected chi connectivity index (χ4v) is 2.58. The second-order valence-electron chi connectivity index (χ2n) is 3.48. The fraction of sp³-hybridized carbons (Fsp3) is 0.300. The van der Waals surface area contributed by atoms with Crippen LogP contribution in [0.4, 0.5) is 0 Å². The van der Waals surface area contributed by atoms with Crippen molar-refractivity contribution in [1.29, 1.82) is 0 Å². The van der Waals surface area contributed by atoms with Gasteiger partial charge in [-0.2, -0.15) is 4.37 Å². The van der Waals surface area contributed by atoms with Crippen LogP contribution in [-0.4, -0.2) is 25.5 Å². The van der Waals surface area contributed by atoms with E-state index in [9.17, 15) is 9.90 Å². The Hall–Kier alpha value is -1.53. The van der Waals surface area contributed by atoms with Gasteiger partial charge >= 0.3 is 5.97 Å². The molecular formula is C10H10N2O3S. The van der Waals surface area contributed by atoms with E-state index in [2.05, 4.69) is 9.36 Å². The Labute approximate surface area is 95.5 Å². The first-order valence-electron chi connectivity index (χ1n) is 4.66. The maximum Gasteiger partial charge on any atom is 0.356 e. The first kappa shape index (κ1) is 11.0. The van der Waals surface area contributed by atoms with Gasteiger partial charge in [-0.1, -0.05) is 0 Å². The van der Waals surface area contributed by atoms with Gasteiger partial charge in [0.25, 0.3) is 0 Å². The van der Waals surface area contributed by atoms with Crippen LogP contribution in [-0.2, 0) is 6.61 Å². The third-order valence-electron chi connectivity index (χ3n) is 2.57. The molecule has 84 valence electrons. The molecule has 0 saturated heterocycles. The minimum Gasteiger partial charge on any atom is -0.476 e. The zero-order valence-electron chi connectivity index (χ0n) is 8.81. The molecule has 0 amide bonds. The maximum absolute atomic E-state index is 11.0. The van der Waals surface area contributed by atoms with Crippen LogP contribution in [0.2, 0.25) is 0 Å². The first-order valence-corrected chi connectivity index (χ1v) is 5.43. The Kier molecular flexibility index (Phi) is 2.61. The Morgan fingerprint density at radius 3 is 2.69 bits per heavy atom. The molecule has 2 rings (SSSR count). The Morgan fingerprint density at radius 2 is 2.12 bits per heavy atom. The highest BCUT2D eigenvalue weighted by Crippen LogP contribution is 2.28. The number of aromatic nitrogens is 2. The number of carbonyl (C=O) groups is 1. The number of aliphatic hydroxyl groups excluding tert-OH is 1. The summed E-state index contributed by atoms with van der Waals surface area (Å²) in [7, 11) is 0. The highest BCUT2D eigenvalue weighted by atomic mass is 32.1. The normalized spacial score (nSPS) is 10.9. The highest BCUT2D eigenvalue weighted by Gasteiger charge is 2.19. The number of aryl methyl sites for hydroxylation is 2. The second-order valence-corrected chi connectivity index (χ2v) is 4.23. The van der Waals surface area contributed by atoms with E-state index in [0.717, 1.165) is 17.1 Å². The van der Waals surface area contributed by atoms with E-state index in [0.29, 0.717) is 21.5 Å². The molecule has 0 saturated carbocycles. The smallest absolute Gasteiger partial charge is 0.356 e. The zero-order valence-corrected chi connectivity index (χ0v) is 9.63. The lowest BCUT2D eigenvalue weighted by atomic mass is 10.0. The van der Waals surface area contributed by atoms with Crippen LogP contribution in [0.1, 0.15) is 27.3 Å². The van der Waals surface area contributed by atoms with Crippen molar-refractivity contribution in [3.63, 3.8) is 0 Å². The van der Waals surface area contributed by atoms with Crippen molar-refractivity contribution in [1.82, 2.24) is 9.36 Å². The van der Waals surface area contributed by atoms with Crippen LogP contribution in [0.15, 0.2) is 0 Å². The summed E-state index contributed by atoms with van der Waals surface area (Å²) in [5, 5.41) is 18.7. The molecule has 0 aliphatic carbocycles. The quantitative estimate of drug-likeness (QED) is 0.828. The van der Waals surface area contributed by atoms with Crippen LogP contribution in [0, 0.1) is 13.8 Å². The highest BCUT2D eigenvalue weighted by molar-refractivity contribution is 7.13. The van der Waals surface area contributed by atoms with Crippen molar-refractivity contribution in [2.45, 2.75) is 20.5 Å². The van der Waals surface area contributed by atoms with E-state index in [1.165, 1.54) is 0 Å². The van der Waals surface area contributed by atoms with Crippen LogP contribution in [0.3, 0.4) is 0 Å². The maximum atomic E-state index is 11.0. The molecule has 2 N–H and O–H groups in total. The van der Waals surface area contributed by atoms with Gasteiger partial charge in [-0.15, -0.1) is 0 Å². The van der Waals surface area contributed by atoms with E-state index in [4.69, 9.17) is 5.11 Å². The average molecular weight is 238 g/mol. The number of carboxylic acids is 1. The van der Waals surface area contributed by atoms with Crippen molar-refractivity contribution in [2.75, 3.05) is 0 Å². The van der Waals surface area contributed by atoms with Gasteiger partial charge in [0.1, 0.15) is 4.83 Å². The Bertz CT molecular complexity index is 577. The van der Waals surface area contributed by atoms with Gasteiger partial charge in [0.15, 0.2) is 5.69 Å². The number of carboxylic acid groups (broad SMARTS) is 1. The molecule has 0 fully saturated rings. The molecule has 0 spiro atoms. The molecule has 16 heavy (non-hydrogen) atoms. The summed E-state index contributed by atoms with van der Waals surface area (Å²) in [5.74, 6) is -1.07. The van der Waals surface area contributed by atoms with Gasteiger partial charge in [-0.05, 0) is 30.9 Å². The molecule has 0 unspecified atom stereocenters. The molecule has 0 aliphatic heterocycles. The van der Waals surface area contributed by atoms with Crippen molar-refractivity contribution in [3.05, 3.63) is 22.5 Å². The molecular weight excluding hydrogens is 228 g/mol. The lowest BCUT2D eigenvalue weighted by Crippen LogP contribution is -2.01. The van der Waals surface area contributed by atoms with Crippen LogP contribution in [0.5, 0.6) is 0 Å². The summed E-state index contributed by atoms with van der Waals surface area (Å²) in [6.45, 7) is 3.43. The molecule has 2 heterocycles. The largest absolute Gasteiger partial charge is 0.476 e. The van der Waals surface area contributed by atoms with Crippen LogP contribution < -0.4 is 0 Å². The summed E-state index contributed by atoms with van der Waals surface area (Å²) in [6.07, 6.45) is 0. The molecule has 0 aromatic carbocycles. The number of hydrogen-bond acceptors (Lipinski definition) is 5. The van der Waals surface area contributed by atoms with E-state index in [1.54, 1.807) is 13.8 Å². The molecule has 0 aliphatic rings. The lowest BCUT2D eigenvalue weighted by molar-refractivity contribution is 0.0694. The van der Waals surface area contributed by atoms with E-state index in [-0.39, 0.29) is 12.3 Å². The first-order chi connectivity index (χ1) is 7.56. The third-order valence-corrected chi connectivity index (χ3v) is 3.31. The van der Waals surface area contributed by atoms with Crippen molar-refractivity contribution in [3.8, 4) is 0 Å². The van der Waals surface area contributed by atoms with Crippen molar-refractivity contribution in [2.24, 2.45) is 0 Å². The minimum atomic E-state index is -1.07. The summed E-state index contributed by atoms with van der Waals surface area (Å²) in [5.41, 5.74) is 2.15. The summed E-state index contributed by atoms with van der Waals surface area (Å²) >= 11 is 1.07. The van der Waals surface area contributed by atoms with Gasteiger partial charge in [0.05, 0.1) is 6.61 Å². The standard InChI is InChI=1S/C10H10N2O3S/c1-4-6(3-13)5(2)11-9-7(4)8(10(14)15)12-16-9/h13H,3H2,1-2H3,(H,14,15). The van der Waals surface area contributed by atoms with Crippen LogP contribution >= 0.6 is 11.5 Å². The SMILES string of the molecule is Cc1nc2snc(C(=O)O)c2c(C)c1CO.